The summed E-state index contributed by atoms with van der Waals surface area (Å²) in [7, 11) is 2.07. The first kappa shape index (κ1) is 14.1. The van der Waals surface area contributed by atoms with E-state index in [0.29, 0.717) is 20.3 Å². The molecule has 1 aromatic heterocycles. The average molecular weight is 323 g/mol. The molecule has 0 fully saturated rings. The van der Waals surface area contributed by atoms with Crippen LogP contribution in [0.25, 0.3) is 0 Å². The molecule has 3 rings (SSSR count). The minimum Gasteiger partial charge on any atom is -0.340 e. The molecule has 0 aliphatic carbocycles. The third kappa shape index (κ3) is 2.81. The Morgan fingerprint density at radius 2 is 2.19 bits per heavy atom. The van der Waals surface area contributed by atoms with Crippen LogP contribution in [0.4, 0.5) is 17.2 Å². The molecule has 1 aromatic carbocycles. The summed E-state index contributed by atoms with van der Waals surface area (Å²) >= 11 is 12.6. The number of nitrogens with one attached hydrogen (secondary N) is 2. The van der Waals surface area contributed by atoms with Crippen LogP contribution in [0, 0.1) is 0 Å². The molecule has 1 aliphatic heterocycles. The molecule has 0 radical (unpaired) electrons. The van der Waals surface area contributed by atoms with Gasteiger partial charge in [-0.1, -0.05) is 23.2 Å². The summed E-state index contributed by atoms with van der Waals surface area (Å²) in [6, 6.07) is 5.41. The van der Waals surface area contributed by atoms with Crippen molar-refractivity contribution in [2.75, 3.05) is 19.0 Å². The molecule has 1 aliphatic rings. The lowest BCUT2D eigenvalue weighted by Gasteiger charge is -2.28. The van der Waals surface area contributed by atoms with Crippen molar-refractivity contribution in [2.45, 2.75) is 0 Å². The fourth-order valence-electron chi connectivity index (χ4n) is 2.26. The molecule has 0 amide bonds. The minimum absolute atomic E-state index is 0.549. The predicted molar refractivity (Wildman–Crippen MR) is 86.6 cm³/mol. The number of quaternary nitrogens is 1. The van der Waals surface area contributed by atoms with E-state index in [0.717, 1.165) is 18.0 Å². The van der Waals surface area contributed by atoms with Crippen molar-refractivity contribution in [2.24, 2.45) is 0 Å². The second-order valence-corrected chi connectivity index (χ2v) is 5.79. The van der Waals surface area contributed by atoms with Gasteiger partial charge in [-0.25, -0.2) is 14.5 Å². The first-order chi connectivity index (χ1) is 10.1. The van der Waals surface area contributed by atoms with Crippen molar-refractivity contribution in [3.63, 3.8) is 0 Å². The fourth-order valence-corrected chi connectivity index (χ4v) is 2.79. The lowest BCUT2D eigenvalue weighted by atomic mass is 10.2. The summed E-state index contributed by atoms with van der Waals surface area (Å²) in [5.41, 5.74) is 1.75. The van der Waals surface area contributed by atoms with Gasteiger partial charge < -0.3 is 10.6 Å². The Morgan fingerprint density at radius 3 is 2.86 bits per heavy atom. The van der Waals surface area contributed by atoms with Gasteiger partial charge in [-0.2, -0.15) is 0 Å². The molecule has 7 heteroatoms. The maximum absolute atomic E-state index is 6.38. The Labute approximate surface area is 132 Å². The van der Waals surface area contributed by atoms with Gasteiger partial charge in [0, 0.05) is 17.3 Å². The lowest BCUT2D eigenvalue weighted by Crippen LogP contribution is -2.40. The maximum Gasteiger partial charge on any atom is 0.165 e. The van der Waals surface area contributed by atoms with Crippen LogP contribution in [0.2, 0.25) is 10.0 Å². The molecule has 0 saturated carbocycles. The highest BCUT2D eigenvalue weighted by Crippen LogP contribution is 2.41. The number of nitrogens with zero attached hydrogens (tertiary/aromatic N) is 3. The number of benzene rings is 1. The van der Waals surface area contributed by atoms with E-state index in [2.05, 4.69) is 27.6 Å². The van der Waals surface area contributed by atoms with E-state index in [4.69, 9.17) is 23.2 Å². The van der Waals surface area contributed by atoms with Crippen molar-refractivity contribution in [3.8, 4) is 0 Å². The number of anilines is 2. The molecule has 2 N–H and O–H groups in total. The highest BCUT2D eigenvalue weighted by molar-refractivity contribution is 6.37. The van der Waals surface area contributed by atoms with Crippen molar-refractivity contribution in [3.05, 3.63) is 53.2 Å². The number of rotatable bonds is 3. The molecule has 5 nitrogen and oxygen atoms in total. The summed E-state index contributed by atoms with van der Waals surface area (Å²) in [6.45, 7) is 0.731. The second-order valence-electron chi connectivity index (χ2n) is 4.95. The van der Waals surface area contributed by atoms with E-state index in [1.807, 2.05) is 18.5 Å². The monoisotopic (exact) mass is 322 g/mol. The van der Waals surface area contributed by atoms with Gasteiger partial charge in [-0.3, -0.25) is 0 Å². The Kier molecular flexibility index (Phi) is 3.71. The van der Waals surface area contributed by atoms with Crippen LogP contribution in [-0.4, -0.2) is 23.7 Å². The van der Waals surface area contributed by atoms with Crippen LogP contribution in [0.5, 0.6) is 0 Å². The van der Waals surface area contributed by atoms with E-state index < -0.39 is 0 Å². The fraction of sp³-hybridized carbons (Fsp3) is 0.143. The molecule has 0 saturated heterocycles. The Hall–Kier alpha value is -1.82. The molecule has 0 bridgehead atoms. The molecule has 2 heterocycles. The van der Waals surface area contributed by atoms with Gasteiger partial charge in [0.2, 0.25) is 0 Å². The van der Waals surface area contributed by atoms with Gasteiger partial charge in [0.1, 0.15) is 24.0 Å². The van der Waals surface area contributed by atoms with Gasteiger partial charge in [0.15, 0.2) is 12.4 Å². The molecule has 21 heavy (non-hydrogen) atoms. The minimum atomic E-state index is 0.549. The summed E-state index contributed by atoms with van der Waals surface area (Å²) < 4.78 is 0.549. The highest BCUT2D eigenvalue weighted by atomic mass is 35.5. The summed E-state index contributed by atoms with van der Waals surface area (Å²) in [5, 5.41) is 7.60. The van der Waals surface area contributed by atoms with Crippen LogP contribution < -0.4 is 15.1 Å². The summed E-state index contributed by atoms with van der Waals surface area (Å²) in [6.07, 6.45) is 7.13. The van der Waals surface area contributed by atoms with Crippen molar-refractivity contribution in [1.29, 1.82) is 0 Å². The first-order valence-corrected chi connectivity index (χ1v) is 7.13. The van der Waals surface area contributed by atoms with Gasteiger partial charge in [0.25, 0.3) is 0 Å². The zero-order chi connectivity index (χ0) is 14.9. The topological polar surface area (TPSA) is 49.8 Å². The smallest absolute Gasteiger partial charge is 0.165 e. The Balaban J connectivity index is 2.08. The lowest BCUT2D eigenvalue weighted by molar-refractivity contribution is 0.461. The quantitative estimate of drug-likeness (QED) is 0.849. The zero-order valence-corrected chi connectivity index (χ0v) is 12.9. The van der Waals surface area contributed by atoms with Crippen LogP contribution >= 0.6 is 23.2 Å². The number of halogens is 2. The maximum atomic E-state index is 6.38. The molecule has 0 spiro atoms. The van der Waals surface area contributed by atoms with Crippen molar-refractivity contribution < 1.29 is 0 Å². The second kappa shape index (κ2) is 5.52. The predicted octanol–water partition coefficient (Wildman–Crippen LogP) is 3.50. The standard InChI is InChI=1S/C14H14Cl2N5/c1-21(5-4-18-9-21)12-7-10(15)6-11(16)14(12)20-13-2-3-17-8-19-13/h2-8,18H,9H2,1H3,(H,17,19,20)/q+1. The van der Waals surface area contributed by atoms with E-state index in [1.54, 1.807) is 18.3 Å². The Morgan fingerprint density at radius 1 is 1.33 bits per heavy atom. The van der Waals surface area contributed by atoms with Crippen LogP contribution in [0.15, 0.2) is 43.1 Å². The van der Waals surface area contributed by atoms with Crippen molar-refractivity contribution in [1.82, 2.24) is 19.8 Å². The third-order valence-corrected chi connectivity index (χ3v) is 3.88. The molecular formula is C14H14Cl2N5+. The largest absolute Gasteiger partial charge is 0.340 e. The summed E-state index contributed by atoms with van der Waals surface area (Å²) in [5.74, 6) is 0.679. The molecular weight excluding hydrogens is 309 g/mol. The molecule has 1 unspecified atom stereocenters. The van der Waals surface area contributed by atoms with E-state index in [1.165, 1.54) is 6.33 Å². The van der Waals surface area contributed by atoms with Crippen LogP contribution in [0.1, 0.15) is 0 Å². The summed E-state index contributed by atoms with van der Waals surface area (Å²) in [4.78, 5) is 8.08. The van der Waals surface area contributed by atoms with Gasteiger partial charge in [0.05, 0.1) is 18.3 Å². The molecule has 1 atom stereocenters. The van der Waals surface area contributed by atoms with Gasteiger partial charge >= 0.3 is 0 Å². The van der Waals surface area contributed by atoms with Gasteiger partial charge in [-0.05, 0) is 12.1 Å². The molecule has 108 valence electrons. The van der Waals surface area contributed by atoms with E-state index >= 15 is 0 Å². The normalized spacial score (nSPS) is 20.3. The third-order valence-electron chi connectivity index (χ3n) is 3.36. The molecule has 2 aromatic rings. The van der Waals surface area contributed by atoms with E-state index in [9.17, 15) is 0 Å². The number of hydrogen-bond donors (Lipinski definition) is 2. The van der Waals surface area contributed by atoms with Gasteiger partial charge in [-0.15, -0.1) is 0 Å². The van der Waals surface area contributed by atoms with Crippen LogP contribution in [0.3, 0.4) is 0 Å². The zero-order valence-electron chi connectivity index (χ0n) is 11.3. The number of hydrogen-bond acceptors (Lipinski definition) is 4. The highest BCUT2D eigenvalue weighted by Gasteiger charge is 2.30. The SMILES string of the molecule is C[N+]1(c2cc(Cl)cc(Cl)c2Nc2ccncn2)C=CNC1. The average Bonchev–Trinajstić information content (AvgIpc) is 2.91. The Bertz CT molecular complexity index is 689. The van der Waals surface area contributed by atoms with Crippen molar-refractivity contribution >= 4 is 40.4 Å². The number of aromatic nitrogens is 2. The first-order valence-electron chi connectivity index (χ1n) is 6.37. The van der Waals surface area contributed by atoms with Crippen LogP contribution in [-0.2, 0) is 0 Å². The van der Waals surface area contributed by atoms with E-state index in [-0.39, 0.29) is 0 Å².